The standard InChI is InChI=1S/C14H15N3O5S2/c15-14(19)9-2-1-3-10(6-9)22-8-12(18)17-7-11-4-5-13(23-11)24(16,20)21/h1-6H,7-8H2,(H2,15,19)(H,17,18)(H2,16,20,21). The summed E-state index contributed by atoms with van der Waals surface area (Å²) in [5, 5.41) is 7.60. The molecule has 0 saturated carbocycles. The Morgan fingerprint density at radius 2 is 1.96 bits per heavy atom. The molecule has 2 amide bonds. The summed E-state index contributed by atoms with van der Waals surface area (Å²) in [5.74, 6) is -0.646. The van der Waals surface area contributed by atoms with Crippen LogP contribution in [0.5, 0.6) is 5.75 Å². The molecule has 0 bridgehead atoms. The third kappa shape index (κ3) is 5.05. The van der Waals surface area contributed by atoms with Crippen LogP contribution >= 0.6 is 11.3 Å². The van der Waals surface area contributed by atoms with Gasteiger partial charge >= 0.3 is 0 Å². The minimum Gasteiger partial charge on any atom is -0.484 e. The number of benzene rings is 1. The molecule has 0 saturated heterocycles. The normalized spacial score (nSPS) is 11.0. The van der Waals surface area contributed by atoms with E-state index in [-0.39, 0.29) is 22.9 Å². The van der Waals surface area contributed by atoms with Crippen LogP contribution in [0.15, 0.2) is 40.6 Å². The van der Waals surface area contributed by atoms with Gasteiger partial charge in [0, 0.05) is 10.4 Å². The highest BCUT2D eigenvalue weighted by molar-refractivity contribution is 7.91. The molecule has 1 aromatic heterocycles. The van der Waals surface area contributed by atoms with Crippen LogP contribution < -0.4 is 20.9 Å². The molecule has 0 aliphatic heterocycles. The number of carbonyl (C=O) groups is 2. The van der Waals surface area contributed by atoms with E-state index in [2.05, 4.69) is 5.32 Å². The fourth-order valence-corrected chi connectivity index (χ4v) is 3.45. The molecule has 0 atom stereocenters. The third-order valence-electron chi connectivity index (χ3n) is 2.87. The Balaban J connectivity index is 1.84. The van der Waals surface area contributed by atoms with Gasteiger partial charge in [-0.1, -0.05) is 6.07 Å². The van der Waals surface area contributed by atoms with E-state index in [0.717, 1.165) is 11.3 Å². The molecule has 2 rings (SSSR count). The Morgan fingerprint density at radius 1 is 1.21 bits per heavy atom. The van der Waals surface area contributed by atoms with Crippen molar-refractivity contribution in [2.75, 3.05) is 6.61 Å². The van der Waals surface area contributed by atoms with Crippen LogP contribution in [0.2, 0.25) is 0 Å². The number of sulfonamides is 1. The van der Waals surface area contributed by atoms with Crippen LogP contribution in [0.25, 0.3) is 0 Å². The lowest BCUT2D eigenvalue weighted by Crippen LogP contribution is -2.28. The largest absolute Gasteiger partial charge is 0.484 e. The van der Waals surface area contributed by atoms with E-state index in [9.17, 15) is 18.0 Å². The Hall–Kier alpha value is -2.43. The van der Waals surface area contributed by atoms with E-state index in [4.69, 9.17) is 15.6 Å². The second kappa shape index (κ2) is 7.43. The van der Waals surface area contributed by atoms with Crippen LogP contribution in [0, 0.1) is 0 Å². The third-order valence-corrected chi connectivity index (χ3v) is 5.39. The molecule has 1 aromatic carbocycles. The maximum absolute atomic E-state index is 11.7. The van der Waals surface area contributed by atoms with Crippen molar-refractivity contribution in [3.05, 3.63) is 46.8 Å². The number of primary amides is 1. The first-order chi connectivity index (χ1) is 11.3. The van der Waals surface area contributed by atoms with Gasteiger partial charge in [0.1, 0.15) is 9.96 Å². The summed E-state index contributed by atoms with van der Waals surface area (Å²) >= 11 is 0.982. The van der Waals surface area contributed by atoms with Crippen molar-refractivity contribution in [3.63, 3.8) is 0 Å². The van der Waals surface area contributed by atoms with Gasteiger partial charge in [0.15, 0.2) is 6.61 Å². The summed E-state index contributed by atoms with van der Waals surface area (Å²) in [6.07, 6.45) is 0. The Morgan fingerprint density at radius 3 is 2.58 bits per heavy atom. The van der Waals surface area contributed by atoms with Gasteiger partial charge in [0.05, 0.1) is 6.54 Å². The molecule has 0 radical (unpaired) electrons. The number of hydrogen-bond acceptors (Lipinski definition) is 6. The molecule has 24 heavy (non-hydrogen) atoms. The average molecular weight is 369 g/mol. The summed E-state index contributed by atoms with van der Waals surface area (Å²) in [4.78, 5) is 23.4. The molecule has 5 N–H and O–H groups in total. The number of ether oxygens (including phenoxy) is 1. The quantitative estimate of drug-likeness (QED) is 0.639. The number of thiophene rings is 1. The summed E-state index contributed by atoms with van der Waals surface area (Å²) in [5.41, 5.74) is 5.44. The molecular weight excluding hydrogens is 354 g/mol. The minimum atomic E-state index is -3.73. The second-order valence-corrected chi connectivity index (χ2v) is 7.68. The monoisotopic (exact) mass is 369 g/mol. The van der Waals surface area contributed by atoms with E-state index in [1.807, 2.05) is 0 Å². The molecule has 8 nitrogen and oxygen atoms in total. The lowest BCUT2D eigenvalue weighted by atomic mass is 10.2. The predicted octanol–water partition coefficient (Wildman–Crippen LogP) is 0.190. The number of rotatable bonds is 7. The molecular formula is C14H15N3O5S2. The Bertz CT molecular complexity index is 861. The zero-order valence-electron chi connectivity index (χ0n) is 12.4. The molecule has 0 spiro atoms. The minimum absolute atomic E-state index is 0.0336. The van der Waals surface area contributed by atoms with Gasteiger partial charge in [-0.05, 0) is 30.3 Å². The van der Waals surface area contributed by atoms with Gasteiger partial charge in [0.25, 0.3) is 5.91 Å². The zero-order valence-corrected chi connectivity index (χ0v) is 14.0. The van der Waals surface area contributed by atoms with Crippen LogP contribution in [0.1, 0.15) is 15.2 Å². The van der Waals surface area contributed by atoms with Gasteiger partial charge in [-0.3, -0.25) is 9.59 Å². The van der Waals surface area contributed by atoms with E-state index in [0.29, 0.717) is 10.6 Å². The number of hydrogen-bond donors (Lipinski definition) is 3. The lowest BCUT2D eigenvalue weighted by Gasteiger charge is -2.07. The number of nitrogens with one attached hydrogen (secondary N) is 1. The summed E-state index contributed by atoms with van der Waals surface area (Å²) in [6.45, 7) is -0.0979. The van der Waals surface area contributed by atoms with Crippen molar-refractivity contribution in [2.45, 2.75) is 10.8 Å². The van der Waals surface area contributed by atoms with E-state index in [1.54, 1.807) is 18.2 Å². The fourth-order valence-electron chi connectivity index (χ4n) is 1.73. The van der Waals surface area contributed by atoms with Crippen molar-refractivity contribution < 1.29 is 22.7 Å². The average Bonchev–Trinajstić information content (AvgIpc) is 3.00. The van der Waals surface area contributed by atoms with Crippen molar-refractivity contribution in [2.24, 2.45) is 10.9 Å². The number of carbonyl (C=O) groups excluding carboxylic acids is 2. The van der Waals surface area contributed by atoms with Gasteiger partial charge < -0.3 is 15.8 Å². The first kappa shape index (κ1) is 17.9. The molecule has 0 fully saturated rings. The maximum atomic E-state index is 11.7. The number of amides is 2. The second-order valence-electron chi connectivity index (χ2n) is 4.72. The molecule has 128 valence electrons. The highest BCUT2D eigenvalue weighted by Gasteiger charge is 2.12. The highest BCUT2D eigenvalue weighted by atomic mass is 32.2. The van der Waals surface area contributed by atoms with Gasteiger partial charge in [-0.15, -0.1) is 11.3 Å². The topological polar surface area (TPSA) is 142 Å². The van der Waals surface area contributed by atoms with Crippen molar-refractivity contribution in [1.82, 2.24) is 5.32 Å². The van der Waals surface area contributed by atoms with Gasteiger partial charge in [-0.25, -0.2) is 13.6 Å². The van der Waals surface area contributed by atoms with Crippen LogP contribution in [-0.4, -0.2) is 26.8 Å². The highest BCUT2D eigenvalue weighted by Crippen LogP contribution is 2.20. The molecule has 1 heterocycles. The zero-order chi connectivity index (χ0) is 17.7. The van der Waals surface area contributed by atoms with Crippen LogP contribution in [0.3, 0.4) is 0 Å². The number of primary sulfonamides is 1. The molecule has 0 aliphatic carbocycles. The molecule has 2 aromatic rings. The van der Waals surface area contributed by atoms with Crippen molar-refractivity contribution in [3.8, 4) is 5.75 Å². The Kier molecular flexibility index (Phi) is 5.54. The predicted molar refractivity (Wildman–Crippen MR) is 88.0 cm³/mol. The van der Waals surface area contributed by atoms with Crippen LogP contribution in [0.4, 0.5) is 0 Å². The first-order valence-electron chi connectivity index (χ1n) is 6.66. The smallest absolute Gasteiger partial charge is 0.258 e. The summed E-state index contributed by atoms with van der Waals surface area (Å²) in [7, 11) is -3.73. The summed E-state index contributed by atoms with van der Waals surface area (Å²) in [6, 6.07) is 9.11. The van der Waals surface area contributed by atoms with Gasteiger partial charge in [-0.2, -0.15) is 0 Å². The van der Waals surface area contributed by atoms with Crippen LogP contribution in [-0.2, 0) is 21.4 Å². The molecule has 0 aliphatic rings. The van der Waals surface area contributed by atoms with E-state index >= 15 is 0 Å². The van der Waals surface area contributed by atoms with Gasteiger partial charge in [0.2, 0.25) is 15.9 Å². The molecule has 10 heteroatoms. The molecule has 0 unspecified atom stereocenters. The first-order valence-corrected chi connectivity index (χ1v) is 9.03. The van der Waals surface area contributed by atoms with E-state index in [1.165, 1.54) is 18.2 Å². The maximum Gasteiger partial charge on any atom is 0.258 e. The van der Waals surface area contributed by atoms with Crippen molar-refractivity contribution >= 4 is 33.2 Å². The fraction of sp³-hybridized carbons (Fsp3) is 0.143. The van der Waals surface area contributed by atoms with Crippen molar-refractivity contribution in [1.29, 1.82) is 0 Å². The SMILES string of the molecule is NC(=O)c1cccc(OCC(=O)NCc2ccc(S(N)(=O)=O)s2)c1. The van der Waals surface area contributed by atoms with E-state index < -0.39 is 21.8 Å². The lowest BCUT2D eigenvalue weighted by molar-refractivity contribution is -0.123. The summed E-state index contributed by atoms with van der Waals surface area (Å²) < 4.78 is 27.6. The number of nitrogens with two attached hydrogens (primary N) is 2. The Labute approximate surface area is 142 Å².